The molecule has 0 amide bonds. The number of nitrogens with zero attached hydrogens (tertiary/aromatic N) is 2. The molecule has 1 aliphatic rings. The van der Waals surface area contributed by atoms with Crippen LogP contribution in [0.2, 0.25) is 5.02 Å². The SMILES string of the molecule is CCN1CCCC1CN(C)c1ccc(CBr)c(Cl)c1. The van der Waals surface area contributed by atoms with Crippen molar-refractivity contribution in [3.63, 3.8) is 0 Å². The summed E-state index contributed by atoms with van der Waals surface area (Å²) in [5, 5.41) is 1.65. The average Bonchev–Trinajstić information content (AvgIpc) is 2.85. The molecule has 0 bridgehead atoms. The Balaban J connectivity index is 2.03. The molecule has 1 fully saturated rings. The number of benzene rings is 1. The first-order chi connectivity index (χ1) is 9.15. The lowest BCUT2D eigenvalue weighted by molar-refractivity contribution is 0.270. The van der Waals surface area contributed by atoms with Crippen molar-refractivity contribution in [3.8, 4) is 0 Å². The minimum absolute atomic E-state index is 0.685. The molecule has 2 rings (SSSR count). The number of likely N-dealkylation sites (tertiary alicyclic amines) is 1. The van der Waals surface area contributed by atoms with Crippen molar-refractivity contribution in [2.24, 2.45) is 0 Å². The third-order valence-electron chi connectivity index (χ3n) is 4.01. The van der Waals surface area contributed by atoms with Gasteiger partial charge >= 0.3 is 0 Å². The van der Waals surface area contributed by atoms with Gasteiger partial charge in [0, 0.05) is 35.7 Å². The van der Waals surface area contributed by atoms with Crippen molar-refractivity contribution < 1.29 is 0 Å². The lowest BCUT2D eigenvalue weighted by Gasteiger charge is -2.29. The minimum atomic E-state index is 0.685. The molecule has 0 aliphatic carbocycles. The Labute approximate surface area is 129 Å². The van der Waals surface area contributed by atoms with Crippen LogP contribution in [0.25, 0.3) is 0 Å². The Morgan fingerprint density at radius 1 is 1.47 bits per heavy atom. The van der Waals surface area contributed by atoms with Gasteiger partial charge in [-0.3, -0.25) is 4.90 Å². The van der Waals surface area contributed by atoms with Gasteiger partial charge in [-0.2, -0.15) is 0 Å². The molecule has 1 saturated heterocycles. The molecule has 1 unspecified atom stereocenters. The molecule has 1 atom stereocenters. The molecule has 106 valence electrons. The van der Waals surface area contributed by atoms with Gasteiger partial charge in [0.05, 0.1) is 0 Å². The smallest absolute Gasteiger partial charge is 0.0467 e. The van der Waals surface area contributed by atoms with Crippen LogP contribution >= 0.6 is 27.5 Å². The molecule has 1 aromatic carbocycles. The predicted molar refractivity (Wildman–Crippen MR) is 87.6 cm³/mol. The number of halogens is 2. The zero-order valence-electron chi connectivity index (χ0n) is 11.7. The van der Waals surface area contributed by atoms with Crippen LogP contribution < -0.4 is 4.90 Å². The molecular weight excluding hydrogens is 324 g/mol. The summed E-state index contributed by atoms with van der Waals surface area (Å²) in [7, 11) is 2.16. The van der Waals surface area contributed by atoms with Gasteiger partial charge in [0.1, 0.15) is 0 Å². The van der Waals surface area contributed by atoms with Crippen LogP contribution in [-0.4, -0.2) is 37.6 Å². The van der Waals surface area contributed by atoms with Gasteiger partial charge in [-0.05, 0) is 43.6 Å². The number of rotatable bonds is 5. The summed E-state index contributed by atoms with van der Waals surface area (Å²) in [6.45, 7) is 5.73. The predicted octanol–water partition coefficient (Wildman–Crippen LogP) is 4.16. The average molecular weight is 346 g/mol. The van der Waals surface area contributed by atoms with Crippen molar-refractivity contribution in [1.29, 1.82) is 0 Å². The van der Waals surface area contributed by atoms with Crippen LogP contribution in [0.5, 0.6) is 0 Å². The molecule has 19 heavy (non-hydrogen) atoms. The zero-order valence-corrected chi connectivity index (χ0v) is 14.0. The topological polar surface area (TPSA) is 6.48 Å². The first-order valence-corrected chi connectivity index (χ1v) is 8.45. The van der Waals surface area contributed by atoms with E-state index in [4.69, 9.17) is 11.6 Å². The van der Waals surface area contributed by atoms with Crippen LogP contribution in [-0.2, 0) is 5.33 Å². The summed E-state index contributed by atoms with van der Waals surface area (Å²) < 4.78 is 0. The summed E-state index contributed by atoms with van der Waals surface area (Å²) in [5.74, 6) is 0. The fourth-order valence-electron chi connectivity index (χ4n) is 2.82. The second kappa shape index (κ2) is 6.96. The fraction of sp³-hybridized carbons (Fsp3) is 0.600. The number of anilines is 1. The summed E-state index contributed by atoms with van der Waals surface area (Å²) in [5.41, 5.74) is 2.35. The fourth-order valence-corrected chi connectivity index (χ4v) is 3.71. The standard InChI is InChI=1S/C15H22BrClN2/c1-3-19-8-4-5-14(19)11-18(2)13-7-6-12(10-16)15(17)9-13/h6-7,9,14H,3-5,8,10-11H2,1-2H3. The number of alkyl halides is 1. The van der Waals surface area contributed by atoms with Gasteiger partial charge in [0.2, 0.25) is 0 Å². The highest BCUT2D eigenvalue weighted by molar-refractivity contribution is 9.08. The largest absolute Gasteiger partial charge is 0.373 e. The molecular formula is C15H22BrClN2. The van der Waals surface area contributed by atoms with Crippen molar-refractivity contribution in [2.75, 3.05) is 31.6 Å². The van der Waals surface area contributed by atoms with Gasteiger partial charge in [0.25, 0.3) is 0 Å². The molecule has 1 aliphatic heterocycles. The Hall–Kier alpha value is -0.250. The summed E-state index contributed by atoms with van der Waals surface area (Å²) >= 11 is 9.73. The lowest BCUT2D eigenvalue weighted by atomic mass is 10.1. The first-order valence-electron chi connectivity index (χ1n) is 6.95. The molecule has 0 spiro atoms. The molecule has 2 nitrogen and oxygen atoms in total. The van der Waals surface area contributed by atoms with Crippen LogP contribution in [0, 0.1) is 0 Å². The van der Waals surface area contributed by atoms with E-state index in [1.807, 2.05) is 0 Å². The van der Waals surface area contributed by atoms with Crippen LogP contribution in [0.3, 0.4) is 0 Å². The van der Waals surface area contributed by atoms with Crippen LogP contribution in [0.1, 0.15) is 25.3 Å². The van der Waals surface area contributed by atoms with Crippen molar-refractivity contribution in [3.05, 3.63) is 28.8 Å². The number of hydrogen-bond donors (Lipinski definition) is 0. The van der Waals surface area contributed by atoms with Gasteiger partial charge in [0.15, 0.2) is 0 Å². The highest BCUT2D eigenvalue weighted by Crippen LogP contribution is 2.26. The van der Waals surface area contributed by atoms with Gasteiger partial charge in [-0.1, -0.05) is 40.5 Å². The highest BCUT2D eigenvalue weighted by atomic mass is 79.9. The van der Waals surface area contributed by atoms with E-state index in [1.165, 1.54) is 25.1 Å². The third-order valence-corrected chi connectivity index (χ3v) is 4.97. The molecule has 0 radical (unpaired) electrons. The second-order valence-electron chi connectivity index (χ2n) is 5.21. The molecule has 0 saturated carbocycles. The summed E-state index contributed by atoms with van der Waals surface area (Å²) in [4.78, 5) is 4.90. The maximum absolute atomic E-state index is 6.28. The minimum Gasteiger partial charge on any atom is -0.373 e. The maximum atomic E-state index is 6.28. The normalized spacial score (nSPS) is 19.9. The van der Waals surface area contributed by atoms with E-state index in [9.17, 15) is 0 Å². The van der Waals surface area contributed by atoms with Crippen molar-refractivity contribution in [2.45, 2.75) is 31.1 Å². The van der Waals surface area contributed by atoms with Gasteiger partial charge in [-0.15, -0.1) is 0 Å². The number of likely N-dealkylation sites (N-methyl/N-ethyl adjacent to an activating group) is 2. The summed E-state index contributed by atoms with van der Waals surface area (Å²) in [6, 6.07) is 7.02. The van der Waals surface area contributed by atoms with E-state index in [0.29, 0.717) is 6.04 Å². The molecule has 4 heteroatoms. The lowest BCUT2D eigenvalue weighted by Crippen LogP contribution is -2.38. The first kappa shape index (κ1) is 15.1. The third kappa shape index (κ3) is 3.65. The van der Waals surface area contributed by atoms with Crippen LogP contribution in [0.4, 0.5) is 5.69 Å². The quantitative estimate of drug-likeness (QED) is 0.740. The molecule has 0 aromatic heterocycles. The van der Waals surface area contributed by atoms with E-state index in [0.717, 1.165) is 29.0 Å². The van der Waals surface area contributed by atoms with E-state index in [2.05, 4.69) is 57.9 Å². The van der Waals surface area contributed by atoms with Gasteiger partial charge in [-0.25, -0.2) is 0 Å². The zero-order chi connectivity index (χ0) is 13.8. The molecule has 1 heterocycles. The Kier molecular flexibility index (Phi) is 5.55. The highest BCUT2D eigenvalue weighted by Gasteiger charge is 2.24. The second-order valence-corrected chi connectivity index (χ2v) is 6.18. The molecule has 0 N–H and O–H groups in total. The number of hydrogen-bond acceptors (Lipinski definition) is 2. The Morgan fingerprint density at radius 2 is 2.26 bits per heavy atom. The van der Waals surface area contributed by atoms with Gasteiger partial charge < -0.3 is 4.90 Å². The summed E-state index contributed by atoms with van der Waals surface area (Å²) in [6.07, 6.45) is 2.64. The van der Waals surface area contributed by atoms with E-state index in [1.54, 1.807) is 0 Å². The Morgan fingerprint density at radius 3 is 2.89 bits per heavy atom. The molecule has 1 aromatic rings. The maximum Gasteiger partial charge on any atom is 0.0467 e. The van der Waals surface area contributed by atoms with Crippen molar-refractivity contribution in [1.82, 2.24) is 4.90 Å². The van der Waals surface area contributed by atoms with E-state index < -0.39 is 0 Å². The Bertz CT molecular complexity index is 425. The van der Waals surface area contributed by atoms with E-state index >= 15 is 0 Å². The monoisotopic (exact) mass is 344 g/mol. The van der Waals surface area contributed by atoms with Crippen molar-refractivity contribution >= 4 is 33.2 Å². The van der Waals surface area contributed by atoms with E-state index in [-0.39, 0.29) is 0 Å². The van der Waals surface area contributed by atoms with Crippen LogP contribution in [0.15, 0.2) is 18.2 Å².